The molecule has 9 nitrogen and oxygen atoms in total. The molecule has 38 heavy (non-hydrogen) atoms. The topological polar surface area (TPSA) is 117 Å². The third-order valence-electron chi connectivity index (χ3n) is 6.27. The maximum Gasteiger partial charge on any atom is 0.290 e. The zero-order chi connectivity index (χ0) is 26.6. The highest BCUT2D eigenvalue weighted by molar-refractivity contribution is 8.18. The smallest absolute Gasteiger partial charge is 0.290 e. The summed E-state index contributed by atoms with van der Waals surface area (Å²) in [6, 6.07) is 8.07. The molecule has 3 aromatic heterocycles. The number of amides is 2. The molecule has 2 amide bonds. The van der Waals surface area contributed by atoms with Gasteiger partial charge < -0.3 is 10.2 Å². The molecule has 2 aliphatic heterocycles. The summed E-state index contributed by atoms with van der Waals surface area (Å²) < 4.78 is 14.3. The fourth-order valence-electron chi connectivity index (χ4n) is 4.32. The highest BCUT2D eigenvalue weighted by Gasteiger charge is 2.26. The number of halogens is 1. The third-order valence-corrected chi connectivity index (χ3v) is 8.29. The number of Topliss-reactive ketones (excluding diaryl/α,β-unsaturated/α-hetero) is 1. The number of pyridine rings is 1. The van der Waals surface area contributed by atoms with Crippen LogP contribution in [0.3, 0.4) is 0 Å². The van der Waals surface area contributed by atoms with Gasteiger partial charge in [-0.1, -0.05) is 0 Å². The molecular formula is C26H25FN6O3S2. The molecule has 0 unspecified atom stereocenters. The maximum absolute atomic E-state index is 14.3. The van der Waals surface area contributed by atoms with Gasteiger partial charge in [-0.2, -0.15) is 0 Å². The van der Waals surface area contributed by atoms with Crippen LogP contribution in [0.25, 0.3) is 16.6 Å². The van der Waals surface area contributed by atoms with Crippen LogP contribution in [0, 0.1) is 11.7 Å². The van der Waals surface area contributed by atoms with Gasteiger partial charge in [-0.25, -0.2) is 14.4 Å². The molecule has 2 N–H and O–H groups in total. The van der Waals surface area contributed by atoms with Crippen LogP contribution in [0.2, 0.25) is 0 Å². The summed E-state index contributed by atoms with van der Waals surface area (Å²) in [6.45, 7) is 4.32. The van der Waals surface area contributed by atoms with Gasteiger partial charge in [-0.15, -0.1) is 11.3 Å². The van der Waals surface area contributed by atoms with Crippen LogP contribution in [0.15, 0.2) is 41.4 Å². The monoisotopic (exact) mass is 552 g/mol. The number of rotatable bonds is 8. The normalized spacial score (nSPS) is 17.3. The molecule has 2 fully saturated rings. The summed E-state index contributed by atoms with van der Waals surface area (Å²) in [6.07, 6.45) is 5.14. The molecule has 0 radical (unpaired) electrons. The number of nitrogens with zero attached hydrogens (tertiary/aromatic N) is 4. The van der Waals surface area contributed by atoms with E-state index < -0.39 is 5.91 Å². The molecular weight excluding hydrogens is 527 g/mol. The van der Waals surface area contributed by atoms with Crippen LogP contribution in [-0.2, 0) is 11.3 Å². The van der Waals surface area contributed by atoms with Crippen molar-refractivity contribution >= 4 is 52.1 Å². The van der Waals surface area contributed by atoms with Gasteiger partial charge in [0.15, 0.2) is 5.78 Å². The number of aromatic nitrogens is 3. The van der Waals surface area contributed by atoms with Crippen LogP contribution in [0.5, 0.6) is 0 Å². The number of nitrogens with one attached hydrogen (secondary N) is 2. The highest BCUT2D eigenvalue weighted by atomic mass is 32.2. The largest absolute Gasteiger partial charge is 0.341 e. The van der Waals surface area contributed by atoms with E-state index in [1.54, 1.807) is 30.5 Å². The van der Waals surface area contributed by atoms with Crippen molar-refractivity contribution in [2.45, 2.75) is 26.3 Å². The van der Waals surface area contributed by atoms with Crippen LogP contribution >= 0.6 is 23.1 Å². The summed E-state index contributed by atoms with van der Waals surface area (Å²) in [7, 11) is 0. The summed E-state index contributed by atoms with van der Waals surface area (Å²) >= 11 is 2.18. The average Bonchev–Trinajstić information content (AvgIpc) is 3.51. The fourth-order valence-corrected chi connectivity index (χ4v) is 5.85. The molecule has 0 spiro atoms. The van der Waals surface area contributed by atoms with Crippen LogP contribution in [-0.4, -0.2) is 51.5 Å². The van der Waals surface area contributed by atoms with Crippen molar-refractivity contribution in [3.63, 3.8) is 0 Å². The van der Waals surface area contributed by atoms with Gasteiger partial charge in [0.25, 0.3) is 11.1 Å². The minimum atomic E-state index is -0.410. The predicted octanol–water partition coefficient (Wildman–Crippen LogP) is 4.27. The quantitative estimate of drug-likeness (QED) is 0.312. The molecule has 3 aromatic rings. The SMILES string of the molecule is CC(=O)c1ccc(-c2cc(F)cc(CNCC3CCN(c4nccc(/C=C5\SC(=O)NC5=O)n4)CC3)n2)s1. The zero-order valence-corrected chi connectivity index (χ0v) is 22.2. The summed E-state index contributed by atoms with van der Waals surface area (Å²) in [4.78, 5) is 52.1. The van der Waals surface area contributed by atoms with E-state index in [1.807, 2.05) is 0 Å². The van der Waals surface area contributed by atoms with E-state index in [1.165, 1.54) is 30.4 Å². The van der Waals surface area contributed by atoms with Gasteiger partial charge >= 0.3 is 0 Å². The van der Waals surface area contributed by atoms with Gasteiger partial charge in [0, 0.05) is 31.9 Å². The average molecular weight is 553 g/mol. The first kappa shape index (κ1) is 26.1. The van der Waals surface area contributed by atoms with E-state index in [4.69, 9.17) is 0 Å². The molecule has 2 aliphatic rings. The second-order valence-electron chi connectivity index (χ2n) is 9.08. The Balaban J connectivity index is 1.13. The third kappa shape index (κ3) is 6.32. The van der Waals surface area contributed by atoms with Crippen molar-refractivity contribution in [3.8, 4) is 10.6 Å². The molecule has 5 rings (SSSR count). The van der Waals surface area contributed by atoms with E-state index in [0.717, 1.165) is 49.1 Å². The van der Waals surface area contributed by atoms with Crippen LogP contribution < -0.4 is 15.5 Å². The van der Waals surface area contributed by atoms with Crippen molar-refractivity contribution < 1.29 is 18.8 Å². The van der Waals surface area contributed by atoms with Crippen molar-refractivity contribution in [3.05, 3.63) is 63.5 Å². The maximum atomic E-state index is 14.3. The van der Waals surface area contributed by atoms with E-state index in [-0.39, 0.29) is 16.8 Å². The summed E-state index contributed by atoms with van der Waals surface area (Å²) in [5.74, 6) is 0.265. The Morgan fingerprint density at radius 2 is 2.03 bits per heavy atom. The van der Waals surface area contributed by atoms with Gasteiger partial charge in [0.2, 0.25) is 5.95 Å². The van der Waals surface area contributed by atoms with Crippen molar-refractivity contribution in [2.24, 2.45) is 5.92 Å². The molecule has 0 atom stereocenters. The summed E-state index contributed by atoms with van der Waals surface area (Å²) in [5, 5.41) is 5.26. The number of ketones is 1. The van der Waals surface area contributed by atoms with Crippen molar-refractivity contribution in [2.75, 3.05) is 24.5 Å². The first-order chi connectivity index (χ1) is 18.3. The first-order valence-corrected chi connectivity index (χ1v) is 13.8. The molecule has 0 aliphatic carbocycles. The van der Waals surface area contributed by atoms with Crippen molar-refractivity contribution in [1.29, 1.82) is 0 Å². The Morgan fingerprint density at radius 1 is 1.21 bits per heavy atom. The molecule has 0 saturated carbocycles. The Kier molecular flexibility index (Phi) is 7.91. The molecule has 196 valence electrons. The number of hydrogen-bond acceptors (Lipinski definition) is 10. The number of carbonyl (C=O) groups excluding carboxylic acids is 3. The Morgan fingerprint density at radius 3 is 2.74 bits per heavy atom. The molecule has 5 heterocycles. The predicted molar refractivity (Wildman–Crippen MR) is 145 cm³/mol. The van der Waals surface area contributed by atoms with E-state index in [2.05, 4.69) is 30.5 Å². The molecule has 2 saturated heterocycles. The molecule has 0 bridgehead atoms. The molecule has 12 heteroatoms. The fraction of sp³-hybridized carbons (Fsp3) is 0.308. The number of piperidine rings is 1. The lowest BCUT2D eigenvalue weighted by atomic mass is 9.97. The number of imide groups is 1. The Hall–Kier alpha value is -3.48. The minimum Gasteiger partial charge on any atom is -0.341 e. The number of thiophene rings is 1. The van der Waals surface area contributed by atoms with Gasteiger partial charge in [-0.05, 0) is 74.3 Å². The molecule has 0 aromatic carbocycles. The van der Waals surface area contributed by atoms with Crippen LogP contribution in [0.1, 0.15) is 40.8 Å². The highest BCUT2D eigenvalue weighted by Crippen LogP contribution is 2.28. The summed E-state index contributed by atoms with van der Waals surface area (Å²) in [5.41, 5.74) is 1.72. The lowest BCUT2D eigenvalue weighted by Crippen LogP contribution is -2.38. The standard InChI is InChI=1S/C26H25FN6O3S2/c1-15(34)21-2-3-22(37-21)20-11-17(27)10-19(30-20)14-28-13-16-5-8-33(9-6-16)25-29-7-4-18(31-25)12-23-24(35)32-26(36)38-23/h2-4,7,10-12,16,28H,5-6,8-9,13-14H2,1H3,(H,32,35,36)/b23-12-. The van der Waals surface area contributed by atoms with E-state index in [0.29, 0.717) is 45.3 Å². The van der Waals surface area contributed by atoms with E-state index >= 15 is 0 Å². The van der Waals surface area contributed by atoms with Gasteiger partial charge in [-0.3, -0.25) is 24.7 Å². The lowest BCUT2D eigenvalue weighted by Gasteiger charge is -2.32. The van der Waals surface area contributed by atoms with Crippen molar-refractivity contribution in [1.82, 2.24) is 25.6 Å². The second kappa shape index (κ2) is 11.5. The Bertz CT molecular complexity index is 1420. The number of carbonyl (C=O) groups is 3. The number of hydrogen-bond donors (Lipinski definition) is 2. The number of anilines is 1. The second-order valence-corrected chi connectivity index (χ2v) is 11.2. The van der Waals surface area contributed by atoms with Gasteiger partial charge in [0.05, 0.1) is 31.7 Å². The van der Waals surface area contributed by atoms with Gasteiger partial charge in [0.1, 0.15) is 5.82 Å². The lowest BCUT2D eigenvalue weighted by molar-refractivity contribution is -0.115. The Labute approximate surface area is 227 Å². The number of thioether (sulfide) groups is 1. The van der Waals surface area contributed by atoms with Crippen LogP contribution in [0.4, 0.5) is 15.1 Å². The van der Waals surface area contributed by atoms with E-state index in [9.17, 15) is 18.8 Å². The zero-order valence-electron chi connectivity index (χ0n) is 20.6. The first-order valence-electron chi connectivity index (χ1n) is 12.2. The minimum absolute atomic E-state index is 0.0166.